The van der Waals surface area contributed by atoms with Crippen molar-refractivity contribution in [3.63, 3.8) is 0 Å². The zero-order valence-corrected chi connectivity index (χ0v) is 16.3. The summed E-state index contributed by atoms with van der Waals surface area (Å²) in [4.78, 5) is 14.1. The van der Waals surface area contributed by atoms with E-state index in [4.69, 9.17) is 4.74 Å². The zero-order chi connectivity index (χ0) is 18.9. The standard InChI is InChI=1S/C22H31NO3/c1-5-22-13-7-12-21(3,14-23(15-22)16(2)24)19(22)11-10-17-8-6-9-18(25)20(17)26-4/h5-6,8-9,19,25H,1,7,10-15H2,2-4H3/t19-,21+,22-/m1/s1. The molecule has 1 N–H and O–H groups in total. The van der Waals surface area contributed by atoms with Crippen LogP contribution in [0, 0.1) is 16.7 Å². The van der Waals surface area contributed by atoms with Gasteiger partial charge in [0.25, 0.3) is 0 Å². The highest BCUT2D eigenvalue weighted by molar-refractivity contribution is 5.73. The van der Waals surface area contributed by atoms with Gasteiger partial charge in [0.15, 0.2) is 11.5 Å². The van der Waals surface area contributed by atoms with Gasteiger partial charge in [0.05, 0.1) is 7.11 Å². The largest absolute Gasteiger partial charge is 0.504 e. The third-order valence-corrected chi connectivity index (χ3v) is 6.80. The van der Waals surface area contributed by atoms with E-state index in [1.807, 2.05) is 17.0 Å². The number of phenols is 1. The van der Waals surface area contributed by atoms with E-state index >= 15 is 0 Å². The van der Waals surface area contributed by atoms with Gasteiger partial charge in [0.1, 0.15) is 0 Å². The number of methoxy groups -OCH3 is 1. The second-order valence-electron chi connectivity index (χ2n) is 8.38. The molecule has 0 unspecified atom stereocenters. The molecule has 4 nitrogen and oxygen atoms in total. The van der Waals surface area contributed by atoms with Crippen LogP contribution in [0.15, 0.2) is 30.9 Å². The first-order chi connectivity index (χ1) is 12.3. The SMILES string of the molecule is C=C[C@@]12CCC[C@@](C)(CN(C(C)=O)C1)[C@H]2CCc1cccc(O)c1OC. The summed E-state index contributed by atoms with van der Waals surface area (Å²) in [5, 5.41) is 10.0. The molecular formula is C22H31NO3. The summed E-state index contributed by atoms with van der Waals surface area (Å²) in [5.74, 6) is 1.42. The van der Waals surface area contributed by atoms with Gasteiger partial charge < -0.3 is 14.7 Å². The van der Waals surface area contributed by atoms with Gasteiger partial charge in [-0.3, -0.25) is 4.79 Å². The van der Waals surface area contributed by atoms with Gasteiger partial charge in [-0.2, -0.15) is 0 Å². The first-order valence-electron chi connectivity index (χ1n) is 9.59. The van der Waals surface area contributed by atoms with Gasteiger partial charge in [-0.25, -0.2) is 0 Å². The molecule has 0 radical (unpaired) electrons. The van der Waals surface area contributed by atoms with Crippen LogP contribution in [0.4, 0.5) is 0 Å². The van der Waals surface area contributed by atoms with Crippen LogP contribution in [0.5, 0.6) is 11.5 Å². The van der Waals surface area contributed by atoms with Crippen molar-refractivity contribution in [2.75, 3.05) is 20.2 Å². The number of phenolic OH excluding ortho intramolecular Hbond substituents is 1. The molecule has 1 aliphatic heterocycles. The lowest BCUT2D eigenvalue weighted by atomic mass is 9.51. The molecule has 2 bridgehead atoms. The summed E-state index contributed by atoms with van der Waals surface area (Å²) >= 11 is 0. The Kier molecular flexibility index (Phi) is 5.05. The fourth-order valence-electron chi connectivity index (χ4n) is 5.56. The molecule has 2 aliphatic rings. The highest BCUT2D eigenvalue weighted by atomic mass is 16.5. The van der Waals surface area contributed by atoms with Crippen LogP contribution in [-0.2, 0) is 11.2 Å². The Morgan fingerprint density at radius 2 is 2.19 bits per heavy atom. The molecule has 1 saturated carbocycles. The Hall–Kier alpha value is -1.97. The normalized spacial score (nSPS) is 30.7. The highest BCUT2D eigenvalue weighted by Gasteiger charge is 2.54. The maximum Gasteiger partial charge on any atom is 0.219 e. The van der Waals surface area contributed by atoms with Crippen LogP contribution in [0.3, 0.4) is 0 Å². The van der Waals surface area contributed by atoms with E-state index < -0.39 is 0 Å². The average molecular weight is 357 g/mol. The van der Waals surface area contributed by atoms with Gasteiger partial charge >= 0.3 is 0 Å². The fourth-order valence-corrected chi connectivity index (χ4v) is 5.56. The highest BCUT2D eigenvalue weighted by Crippen LogP contribution is 2.57. The molecule has 1 heterocycles. The summed E-state index contributed by atoms with van der Waals surface area (Å²) in [7, 11) is 1.60. The quantitative estimate of drug-likeness (QED) is 0.805. The molecule has 4 heteroatoms. The lowest BCUT2D eigenvalue weighted by molar-refractivity contribution is -0.145. The monoisotopic (exact) mass is 357 g/mol. The molecule has 26 heavy (non-hydrogen) atoms. The number of fused-ring (bicyclic) bond motifs is 2. The molecule has 1 aromatic rings. The minimum atomic E-state index is -0.0129. The van der Waals surface area contributed by atoms with Gasteiger partial charge in [-0.15, -0.1) is 6.58 Å². The van der Waals surface area contributed by atoms with Crippen molar-refractivity contribution in [1.82, 2.24) is 4.90 Å². The smallest absolute Gasteiger partial charge is 0.219 e. The van der Waals surface area contributed by atoms with Gasteiger partial charge in [0.2, 0.25) is 5.91 Å². The average Bonchev–Trinajstić information content (AvgIpc) is 2.59. The lowest BCUT2D eigenvalue weighted by Crippen LogP contribution is -2.60. The molecule has 142 valence electrons. The Bertz CT molecular complexity index is 701. The van der Waals surface area contributed by atoms with Gasteiger partial charge in [0, 0.05) is 25.4 Å². The Morgan fingerprint density at radius 3 is 2.85 bits per heavy atom. The molecular weight excluding hydrogens is 326 g/mol. The van der Waals surface area contributed by atoms with E-state index in [0.717, 1.165) is 44.3 Å². The molecule has 3 atom stereocenters. The van der Waals surface area contributed by atoms with Crippen LogP contribution in [0.1, 0.15) is 45.1 Å². The number of nitrogens with zero attached hydrogens (tertiary/aromatic N) is 1. The number of benzene rings is 1. The number of rotatable bonds is 5. The number of hydrogen-bond donors (Lipinski definition) is 1. The van der Waals surface area contributed by atoms with Gasteiger partial charge in [-0.05, 0) is 48.6 Å². The van der Waals surface area contributed by atoms with Crippen molar-refractivity contribution in [3.8, 4) is 11.5 Å². The van der Waals surface area contributed by atoms with E-state index in [1.54, 1.807) is 20.1 Å². The van der Waals surface area contributed by atoms with Crippen molar-refractivity contribution < 1.29 is 14.6 Å². The second kappa shape index (κ2) is 6.98. The van der Waals surface area contributed by atoms with Crippen LogP contribution < -0.4 is 4.74 Å². The van der Waals surface area contributed by atoms with Crippen molar-refractivity contribution >= 4 is 5.91 Å². The number of piperidine rings is 1. The van der Waals surface area contributed by atoms with E-state index in [2.05, 4.69) is 19.6 Å². The number of para-hydroxylation sites is 1. The molecule has 1 aromatic carbocycles. The van der Waals surface area contributed by atoms with Crippen LogP contribution in [0.2, 0.25) is 0 Å². The Balaban J connectivity index is 1.88. The van der Waals surface area contributed by atoms with Crippen molar-refractivity contribution in [2.45, 2.75) is 46.0 Å². The Labute approximate surface area is 156 Å². The number of hydrogen-bond acceptors (Lipinski definition) is 3. The minimum Gasteiger partial charge on any atom is -0.504 e. The molecule has 0 aromatic heterocycles. The van der Waals surface area contributed by atoms with E-state index in [-0.39, 0.29) is 22.5 Å². The third kappa shape index (κ3) is 3.10. The first-order valence-corrected chi connectivity index (χ1v) is 9.59. The number of likely N-dealkylation sites (tertiary alicyclic amines) is 1. The van der Waals surface area contributed by atoms with E-state index in [9.17, 15) is 9.90 Å². The Morgan fingerprint density at radius 1 is 1.42 bits per heavy atom. The summed E-state index contributed by atoms with van der Waals surface area (Å²) in [6.45, 7) is 9.80. The predicted molar refractivity (Wildman–Crippen MR) is 103 cm³/mol. The van der Waals surface area contributed by atoms with E-state index in [1.165, 1.54) is 6.42 Å². The minimum absolute atomic E-state index is 0.0129. The molecule has 2 fully saturated rings. The van der Waals surface area contributed by atoms with Crippen molar-refractivity contribution in [1.29, 1.82) is 0 Å². The number of amides is 1. The predicted octanol–water partition coefficient (Wildman–Crippen LogP) is 4.17. The molecule has 3 rings (SSSR count). The third-order valence-electron chi connectivity index (χ3n) is 6.80. The summed E-state index contributed by atoms with van der Waals surface area (Å²) in [5.41, 5.74) is 1.14. The number of aromatic hydroxyl groups is 1. The number of aryl methyl sites for hydroxylation is 1. The number of carbonyl (C=O) groups excluding carboxylic acids is 1. The molecule has 1 amide bonds. The van der Waals surface area contributed by atoms with Crippen molar-refractivity contribution in [3.05, 3.63) is 36.4 Å². The number of carbonyl (C=O) groups is 1. The maximum atomic E-state index is 12.1. The lowest BCUT2D eigenvalue weighted by Gasteiger charge is -2.60. The van der Waals surface area contributed by atoms with E-state index in [0.29, 0.717) is 11.7 Å². The number of ether oxygens (including phenoxy) is 1. The van der Waals surface area contributed by atoms with Crippen molar-refractivity contribution in [2.24, 2.45) is 16.7 Å². The zero-order valence-electron chi connectivity index (χ0n) is 16.3. The topological polar surface area (TPSA) is 49.8 Å². The summed E-state index contributed by atoms with van der Waals surface area (Å²) in [6, 6.07) is 5.56. The molecule has 0 spiro atoms. The fraction of sp³-hybridized carbons (Fsp3) is 0.591. The molecule has 1 saturated heterocycles. The van der Waals surface area contributed by atoms with Crippen LogP contribution in [0.25, 0.3) is 0 Å². The van der Waals surface area contributed by atoms with Crippen LogP contribution in [-0.4, -0.2) is 36.1 Å². The van der Waals surface area contributed by atoms with Crippen LogP contribution >= 0.6 is 0 Å². The molecule has 1 aliphatic carbocycles. The first kappa shape index (κ1) is 18.8. The van der Waals surface area contributed by atoms with Gasteiger partial charge in [-0.1, -0.05) is 31.6 Å². The summed E-state index contributed by atoms with van der Waals surface area (Å²) in [6.07, 6.45) is 7.41. The summed E-state index contributed by atoms with van der Waals surface area (Å²) < 4.78 is 5.41. The second-order valence-corrected chi connectivity index (χ2v) is 8.38. The maximum absolute atomic E-state index is 12.1.